The summed E-state index contributed by atoms with van der Waals surface area (Å²) in [6.07, 6.45) is 0. The monoisotopic (exact) mass is 227 g/mol. The molecule has 2 rings (SSSR count). The minimum Gasteiger partial charge on any atom is -0.258 e. The lowest BCUT2D eigenvalue weighted by atomic mass is 9.99. The summed E-state index contributed by atoms with van der Waals surface area (Å²) in [7, 11) is 0. The highest BCUT2D eigenvalue weighted by Gasteiger charge is 2.09. The molecule has 0 fully saturated rings. The largest absolute Gasteiger partial charge is 0.270 e. The van der Waals surface area contributed by atoms with Crippen LogP contribution in [0.15, 0.2) is 42.5 Å². The fourth-order valence-corrected chi connectivity index (χ4v) is 1.77. The molecule has 0 heterocycles. The molecule has 0 spiro atoms. The van der Waals surface area contributed by atoms with Gasteiger partial charge in [-0.05, 0) is 30.5 Å². The molecule has 86 valence electrons. The minimum atomic E-state index is -0.364. The molecule has 0 saturated carbocycles. The van der Waals surface area contributed by atoms with Crippen LogP contribution < -0.4 is 0 Å². The summed E-state index contributed by atoms with van der Waals surface area (Å²) in [5.74, 6) is 0. The Morgan fingerprint density at radius 2 is 1.65 bits per heavy atom. The number of non-ortho nitro benzene ring substituents is 1. The van der Waals surface area contributed by atoms with E-state index in [4.69, 9.17) is 0 Å². The van der Waals surface area contributed by atoms with Crippen molar-refractivity contribution in [1.29, 1.82) is 0 Å². The van der Waals surface area contributed by atoms with E-state index >= 15 is 0 Å². The van der Waals surface area contributed by atoms with E-state index in [0.29, 0.717) is 0 Å². The molecule has 2 aromatic rings. The third-order valence-corrected chi connectivity index (χ3v) is 2.79. The van der Waals surface area contributed by atoms with Crippen molar-refractivity contribution in [1.82, 2.24) is 0 Å². The van der Waals surface area contributed by atoms with Gasteiger partial charge in [-0.15, -0.1) is 0 Å². The summed E-state index contributed by atoms with van der Waals surface area (Å²) in [6, 6.07) is 12.9. The SMILES string of the molecule is Cc1ccc(-c2cc([N+](=O)[O-])ccc2C)cc1. The molecule has 17 heavy (non-hydrogen) atoms. The molecular weight excluding hydrogens is 214 g/mol. The number of nitro benzene ring substituents is 1. The zero-order valence-corrected chi connectivity index (χ0v) is 9.81. The molecule has 0 aliphatic rings. The summed E-state index contributed by atoms with van der Waals surface area (Å²) in [4.78, 5) is 10.4. The number of nitro groups is 1. The fraction of sp³-hybridized carbons (Fsp3) is 0.143. The molecule has 2 aromatic carbocycles. The molecule has 0 aromatic heterocycles. The molecule has 0 saturated heterocycles. The lowest BCUT2D eigenvalue weighted by molar-refractivity contribution is -0.384. The molecule has 3 nitrogen and oxygen atoms in total. The number of hydrogen-bond donors (Lipinski definition) is 0. The summed E-state index contributed by atoms with van der Waals surface area (Å²) in [5.41, 5.74) is 4.28. The fourth-order valence-electron chi connectivity index (χ4n) is 1.77. The van der Waals surface area contributed by atoms with Gasteiger partial charge in [-0.25, -0.2) is 0 Å². The number of rotatable bonds is 2. The van der Waals surface area contributed by atoms with E-state index in [2.05, 4.69) is 0 Å². The first-order chi connectivity index (χ1) is 8.08. The molecule has 0 radical (unpaired) electrons. The van der Waals surface area contributed by atoms with Crippen LogP contribution in [0.5, 0.6) is 0 Å². The third kappa shape index (κ3) is 2.33. The number of benzene rings is 2. The molecule has 0 N–H and O–H groups in total. The van der Waals surface area contributed by atoms with Crippen LogP contribution >= 0.6 is 0 Å². The zero-order chi connectivity index (χ0) is 12.4. The van der Waals surface area contributed by atoms with Crippen molar-refractivity contribution in [2.24, 2.45) is 0 Å². The van der Waals surface area contributed by atoms with Gasteiger partial charge in [0, 0.05) is 12.1 Å². The molecular formula is C14H13NO2. The number of hydrogen-bond acceptors (Lipinski definition) is 2. The van der Waals surface area contributed by atoms with E-state index in [1.807, 2.05) is 38.1 Å². The Balaban J connectivity index is 2.54. The molecule has 0 atom stereocenters. The van der Waals surface area contributed by atoms with Crippen LogP contribution in [0.25, 0.3) is 11.1 Å². The highest BCUT2D eigenvalue weighted by molar-refractivity contribution is 5.69. The first kappa shape index (κ1) is 11.3. The van der Waals surface area contributed by atoms with Gasteiger partial charge in [0.15, 0.2) is 0 Å². The van der Waals surface area contributed by atoms with Crippen LogP contribution in [0.2, 0.25) is 0 Å². The van der Waals surface area contributed by atoms with Gasteiger partial charge in [0.05, 0.1) is 4.92 Å². The van der Waals surface area contributed by atoms with Crippen LogP contribution in [0.3, 0.4) is 0 Å². The molecule has 0 bridgehead atoms. The van der Waals surface area contributed by atoms with Crippen molar-refractivity contribution in [2.45, 2.75) is 13.8 Å². The smallest absolute Gasteiger partial charge is 0.258 e. The highest BCUT2D eigenvalue weighted by atomic mass is 16.6. The lowest BCUT2D eigenvalue weighted by Gasteiger charge is -2.06. The Kier molecular flexibility index (Phi) is 2.91. The predicted octanol–water partition coefficient (Wildman–Crippen LogP) is 3.88. The molecule has 0 aliphatic carbocycles. The van der Waals surface area contributed by atoms with E-state index in [1.54, 1.807) is 12.1 Å². The Morgan fingerprint density at radius 3 is 2.24 bits per heavy atom. The standard InChI is InChI=1S/C14H13NO2/c1-10-3-6-12(7-4-10)14-9-13(15(16)17)8-5-11(14)2/h3-9H,1-2H3. The molecule has 0 aliphatic heterocycles. The van der Waals surface area contributed by atoms with E-state index in [-0.39, 0.29) is 10.6 Å². The Labute approximate surface area is 99.9 Å². The van der Waals surface area contributed by atoms with Crippen LogP contribution in [0.4, 0.5) is 5.69 Å². The Morgan fingerprint density at radius 1 is 1.00 bits per heavy atom. The minimum absolute atomic E-state index is 0.131. The highest BCUT2D eigenvalue weighted by Crippen LogP contribution is 2.27. The second-order valence-electron chi connectivity index (χ2n) is 4.12. The van der Waals surface area contributed by atoms with Crippen LogP contribution in [-0.2, 0) is 0 Å². The number of aryl methyl sites for hydroxylation is 2. The van der Waals surface area contributed by atoms with Crippen molar-refractivity contribution < 1.29 is 4.92 Å². The predicted molar refractivity (Wildman–Crippen MR) is 68.0 cm³/mol. The van der Waals surface area contributed by atoms with Crippen molar-refractivity contribution >= 4 is 5.69 Å². The summed E-state index contributed by atoms with van der Waals surface area (Å²) in [6.45, 7) is 3.98. The first-order valence-corrected chi connectivity index (χ1v) is 5.40. The van der Waals surface area contributed by atoms with Crippen molar-refractivity contribution in [3.8, 4) is 11.1 Å². The maximum atomic E-state index is 10.8. The van der Waals surface area contributed by atoms with Gasteiger partial charge in [-0.1, -0.05) is 35.9 Å². The first-order valence-electron chi connectivity index (χ1n) is 5.40. The van der Waals surface area contributed by atoms with Gasteiger partial charge < -0.3 is 0 Å². The average Bonchev–Trinajstić information content (AvgIpc) is 2.31. The van der Waals surface area contributed by atoms with E-state index < -0.39 is 0 Å². The van der Waals surface area contributed by atoms with E-state index in [0.717, 1.165) is 16.7 Å². The maximum absolute atomic E-state index is 10.8. The van der Waals surface area contributed by atoms with E-state index in [1.165, 1.54) is 11.6 Å². The van der Waals surface area contributed by atoms with Gasteiger partial charge in [0.2, 0.25) is 0 Å². The van der Waals surface area contributed by atoms with Gasteiger partial charge in [0.1, 0.15) is 0 Å². The van der Waals surface area contributed by atoms with Gasteiger partial charge in [0.25, 0.3) is 5.69 Å². The average molecular weight is 227 g/mol. The quantitative estimate of drug-likeness (QED) is 0.577. The second kappa shape index (κ2) is 4.37. The normalized spacial score (nSPS) is 10.2. The lowest BCUT2D eigenvalue weighted by Crippen LogP contribution is -1.90. The third-order valence-electron chi connectivity index (χ3n) is 2.79. The van der Waals surface area contributed by atoms with Crippen molar-refractivity contribution in [2.75, 3.05) is 0 Å². The van der Waals surface area contributed by atoms with Gasteiger partial charge in [-0.3, -0.25) is 10.1 Å². The maximum Gasteiger partial charge on any atom is 0.270 e. The van der Waals surface area contributed by atoms with Crippen LogP contribution in [0, 0.1) is 24.0 Å². The summed E-state index contributed by atoms with van der Waals surface area (Å²) in [5, 5.41) is 10.8. The van der Waals surface area contributed by atoms with Crippen molar-refractivity contribution in [3.05, 3.63) is 63.7 Å². The summed E-state index contributed by atoms with van der Waals surface area (Å²) < 4.78 is 0. The second-order valence-corrected chi connectivity index (χ2v) is 4.12. The number of nitrogens with zero attached hydrogens (tertiary/aromatic N) is 1. The Bertz CT molecular complexity index is 559. The van der Waals surface area contributed by atoms with Crippen LogP contribution in [0.1, 0.15) is 11.1 Å². The topological polar surface area (TPSA) is 43.1 Å². The van der Waals surface area contributed by atoms with E-state index in [9.17, 15) is 10.1 Å². The van der Waals surface area contributed by atoms with Gasteiger partial charge in [-0.2, -0.15) is 0 Å². The van der Waals surface area contributed by atoms with Gasteiger partial charge >= 0.3 is 0 Å². The molecule has 0 amide bonds. The van der Waals surface area contributed by atoms with Crippen LogP contribution in [-0.4, -0.2) is 4.92 Å². The summed E-state index contributed by atoms with van der Waals surface area (Å²) >= 11 is 0. The van der Waals surface area contributed by atoms with Crippen molar-refractivity contribution in [3.63, 3.8) is 0 Å². The molecule has 0 unspecified atom stereocenters. The Hall–Kier alpha value is -2.16. The zero-order valence-electron chi connectivity index (χ0n) is 9.81. The molecule has 3 heteroatoms.